The summed E-state index contributed by atoms with van der Waals surface area (Å²) in [5, 5.41) is 0.524. The summed E-state index contributed by atoms with van der Waals surface area (Å²) in [5.74, 6) is -0.901. The molecule has 0 aliphatic carbocycles. The molecule has 0 bridgehead atoms. The van der Waals surface area contributed by atoms with E-state index in [0.717, 1.165) is 12.1 Å². The van der Waals surface area contributed by atoms with Gasteiger partial charge < -0.3 is 5.73 Å². The van der Waals surface area contributed by atoms with E-state index in [-0.39, 0.29) is 16.3 Å². The summed E-state index contributed by atoms with van der Waals surface area (Å²) >= 11 is 5.73. The minimum Gasteiger partial charge on any atom is -0.399 e. The topological polar surface area (TPSA) is 60.2 Å². The normalized spacial score (nSPS) is 11.5. The molecule has 0 amide bonds. The lowest BCUT2D eigenvalue weighted by atomic mass is 10.2. The molecule has 2 aromatic rings. The minimum atomic E-state index is -3.63. The summed E-state index contributed by atoms with van der Waals surface area (Å²) in [5.41, 5.74) is 6.10. The van der Waals surface area contributed by atoms with Gasteiger partial charge in [0.15, 0.2) is 9.84 Å². The average molecular weight is 300 g/mol. The van der Waals surface area contributed by atoms with E-state index < -0.39 is 15.7 Å². The van der Waals surface area contributed by atoms with Crippen LogP contribution in [-0.2, 0) is 15.6 Å². The number of halogens is 2. The Morgan fingerprint density at radius 3 is 2.32 bits per heavy atom. The third-order valence-electron chi connectivity index (χ3n) is 2.52. The Kier molecular flexibility index (Phi) is 3.78. The summed E-state index contributed by atoms with van der Waals surface area (Å²) < 4.78 is 37.5. The Labute approximate surface area is 115 Å². The maximum atomic E-state index is 13.2. The van der Waals surface area contributed by atoms with E-state index in [2.05, 4.69) is 0 Å². The summed E-state index contributed by atoms with van der Waals surface area (Å²) in [6.07, 6.45) is 0. The largest absolute Gasteiger partial charge is 0.399 e. The quantitative estimate of drug-likeness (QED) is 0.886. The van der Waals surface area contributed by atoms with Gasteiger partial charge in [0.05, 0.1) is 10.6 Å². The predicted molar refractivity (Wildman–Crippen MR) is 73.2 cm³/mol. The van der Waals surface area contributed by atoms with Crippen LogP contribution in [-0.4, -0.2) is 8.42 Å². The number of hydrogen-bond donors (Lipinski definition) is 1. The fourth-order valence-electron chi connectivity index (χ4n) is 1.65. The van der Waals surface area contributed by atoms with Gasteiger partial charge in [0, 0.05) is 10.7 Å². The summed E-state index contributed by atoms with van der Waals surface area (Å²) in [6, 6.07) is 9.71. The Morgan fingerprint density at radius 2 is 1.74 bits per heavy atom. The van der Waals surface area contributed by atoms with Crippen LogP contribution in [0, 0.1) is 5.82 Å². The molecule has 100 valence electrons. The van der Waals surface area contributed by atoms with Crippen LogP contribution < -0.4 is 5.73 Å². The highest BCUT2D eigenvalue weighted by molar-refractivity contribution is 7.90. The zero-order chi connectivity index (χ0) is 14.0. The van der Waals surface area contributed by atoms with Gasteiger partial charge in [0.2, 0.25) is 0 Å². The van der Waals surface area contributed by atoms with E-state index in [0.29, 0.717) is 10.6 Å². The van der Waals surface area contributed by atoms with Gasteiger partial charge in [-0.15, -0.1) is 0 Å². The van der Waals surface area contributed by atoms with Gasteiger partial charge >= 0.3 is 0 Å². The van der Waals surface area contributed by atoms with E-state index in [1.165, 1.54) is 6.07 Å². The van der Waals surface area contributed by atoms with E-state index in [9.17, 15) is 12.8 Å². The standard InChI is InChI=1S/C13H11ClFNO2S/c14-10-3-1-9(2-4-10)8-19(17,18)13-6-11(15)5-12(16)7-13/h1-7H,8,16H2. The number of benzene rings is 2. The van der Waals surface area contributed by atoms with Gasteiger partial charge in [-0.05, 0) is 35.9 Å². The molecule has 19 heavy (non-hydrogen) atoms. The predicted octanol–water partition coefficient (Wildman–Crippen LogP) is 3.04. The molecule has 2 aromatic carbocycles. The molecule has 0 unspecified atom stereocenters. The van der Waals surface area contributed by atoms with Crippen LogP contribution in [0.4, 0.5) is 10.1 Å². The Balaban J connectivity index is 2.34. The number of sulfone groups is 1. The van der Waals surface area contributed by atoms with Crippen LogP contribution >= 0.6 is 11.6 Å². The second-order valence-corrected chi connectivity index (χ2v) is 6.53. The van der Waals surface area contributed by atoms with Gasteiger partial charge in [-0.2, -0.15) is 0 Å². The molecule has 0 atom stereocenters. The molecular formula is C13H11ClFNO2S. The van der Waals surface area contributed by atoms with E-state index in [1.54, 1.807) is 24.3 Å². The molecule has 0 aromatic heterocycles. The van der Waals surface area contributed by atoms with Crippen LogP contribution in [0.15, 0.2) is 47.4 Å². The van der Waals surface area contributed by atoms with Crippen molar-refractivity contribution in [1.29, 1.82) is 0 Å². The molecule has 3 nitrogen and oxygen atoms in total. The van der Waals surface area contributed by atoms with E-state index in [4.69, 9.17) is 17.3 Å². The van der Waals surface area contributed by atoms with Crippen molar-refractivity contribution >= 4 is 27.1 Å². The Morgan fingerprint density at radius 1 is 1.11 bits per heavy atom. The van der Waals surface area contributed by atoms with Crippen molar-refractivity contribution in [3.8, 4) is 0 Å². The number of hydrogen-bond acceptors (Lipinski definition) is 3. The lowest BCUT2D eigenvalue weighted by Crippen LogP contribution is -2.06. The van der Waals surface area contributed by atoms with Gasteiger partial charge in [-0.1, -0.05) is 23.7 Å². The second-order valence-electron chi connectivity index (χ2n) is 4.11. The smallest absolute Gasteiger partial charge is 0.182 e. The molecule has 0 saturated carbocycles. The van der Waals surface area contributed by atoms with Crippen molar-refractivity contribution in [3.63, 3.8) is 0 Å². The molecule has 0 aliphatic heterocycles. The zero-order valence-electron chi connectivity index (χ0n) is 9.81. The van der Waals surface area contributed by atoms with E-state index >= 15 is 0 Å². The lowest BCUT2D eigenvalue weighted by molar-refractivity contribution is 0.590. The minimum absolute atomic E-state index is 0.0784. The monoisotopic (exact) mass is 299 g/mol. The van der Waals surface area contributed by atoms with Crippen LogP contribution in [0.25, 0.3) is 0 Å². The average Bonchev–Trinajstić information content (AvgIpc) is 2.31. The molecule has 0 aliphatic rings. The number of rotatable bonds is 3. The fraction of sp³-hybridized carbons (Fsp3) is 0.0769. The van der Waals surface area contributed by atoms with Crippen LogP contribution in [0.2, 0.25) is 5.02 Å². The van der Waals surface area contributed by atoms with Gasteiger partial charge in [0.25, 0.3) is 0 Å². The first-order valence-electron chi connectivity index (χ1n) is 5.40. The molecule has 0 radical (unpaired) electrons. The zero-order valence-corrected chi connectivity index (χ0v) is 11.4. The van der Waals surface area contributed by atoms with Crippen molar-refractivity contribution in [2.24, 2.45) is 0 Å². The second kappa shape index (κ2) is 5.19. The molecule has 0 heterocycles. The Hall–Kier alpha value is -1.59. The van der Waals surface area contributed by atoms with Gasteiger partial charge in [0.1, 0.15) is 5.82 Å². The molecule has 2 rings (SSSR count). The third kappa shape index (κ3) is 3.45. The molecule has 0 saturated heterocycles. The first-order valence-corrected chi connectivity index (χ1v) is 7.43. The lowest BCUT2D eigenvalue weighted by Gasteiger charge is -2.06. The molecule has 2 N–H and O–H groups in total. The molecular weight excluding hydrogens is 289 g/mol. The maximum Gasteiger partial charge on any atom is 0.182 e. The number of nitrogen functional groups attached to an aromatic ring is 1. The summed E-state index contributed by atoms with van der Waals surface area (Å²) in [7, 11) is -3.63. The van der Waals surface area contributed by atoms with Crippen molar-refractivity contribution in [3.05, 3.63) is 58.9 Å². The highest BCUT2D eigenvalue weighted by Crippen LogP contribution is 2.21. The van der Waals surface area contributed by atoms with Crippen LogP contribution in [0.3, 0.4) is 0 Å². The highest BCUT2D eigenvalue weighted by atomic mass is 35.5. The molecule has 6 heteroatoms. The third-order valence-corrected chi connectivity index (χ3v) is 4.44. The fourth-order valence-corrected chi connectivity index (χ4v) is 3.18. The van der Waals surface area contributed by atoms with Crippen molar-refractivity contribution < 1.29 is 12.8 Å². The summed E-state index contributed by atoms with van der Waals surface area (Å²) in [6.45, 7) is 0. The first-order chi connectivity index (χ1) is 8.87. The van der Waals surface area contributed by atoms with E-state index in [1.807, 2.05) is 0 Å². The Bertz CT molecular complexity index is 679. The summed E-state index contributed by atoms with van der Waals surface area (Å²) in [4.78, 5) is -0.125. The van der Waals surface area contributed by atoms with Crippen LogP contribution in [0.5, 0.6) is 0 Å². The van der Waals surface area contributed by atoms with Gasteiger partial charge in [-0.25, -0.2) is 12.8 Å². The van der Waals surface area contributed by atoms with Crippen LogP contribution in [0.1, 0.15) is 5.56 Å². The van der Waals surface area contributed by atoms with Crippen molar-refractivity contribution in [2.75, 3.05) is 5.73 Å². The molecule has 0 spiro atoms. The van der Waals surface area contributed by atoms with Gasteiger partial charge in [-0.3, -0.25) is 0 Å². The highest BCUT2D eigenvalue weighted by Gasteiger charge is 2.17. The number of nitrogens with two attached hydrogens (primary N) is 1. The SMILES string of the molecule is Nc1cc(F)cc(S(=O)(=O)Cc2ccc(Cl)cc2)c1. The first kappa shape index (κ1) is 13.8. The van der Waals surface area contributed by atoms with Crippen molar-refractivity contribution in [2.45, 2.75) is 10.6 Å². The van der Waals surface area contributed by atoms with Crippen molar-refractivity contribution in [1.82, 2.24) is 0 Å². The number of anilines is 1. The molecule has 0 fully saturated rings. The maximum absolute atomic E-state index is 13.2.